The lowest BCUT2D eigenvalue weighted by molar-refractivity contribution is -0.117. The summed E-state index contributed by atoms with van der Waals surface area (Å²) in [5, 5.41) is 0. The Kier molecular flexibility index (Phi) is 4.32. The summed E-state index contributed by atoms with van der Waals surface area (Å²) in [6.07, 6.45) is 3.88. The molecule has 1 aromatic rings. The molecule has 92 valence electrons. The fraction of sp³-hybridized carbons (Fsp3) is 0.357. The Balaban J connectivity index is 2.62. The summed E-state index contributed by atoms with van der Waals surface area (Å²) < 4.78 is 5.70. The summed E-state index contributed by atoms with van der Waals surface area (Å²) >= 11 is 0. The molecule has 0 unspecified atom stereocenters. The second-order valence-electron chi connectivity index (χ2n) is 4.86. The zero-order valence-corrected chi connectivity index (χ0v) is 10.6. The molecule has 0 fully saturated rings. The predicted octanol–water partition coefficient (Wildman–Crippen LogP) is 2.75. The van der Waals surface area contributed by atoms with Gasteiger partial charge in [0.25, 0.3) is 0 Å². The molecule has 2 N–H and O–H groups in total. The van der Waals surface area contributed by atoms with E-state index >= 15 is 0 Å². The van der Waals surface area contributed by atoms with Crippen molar-refractivity contribution in [1.29, 1.82) is 0 Å². The molecule has 0 saturated heterocycles. The molecule has 1 aromatic carbocycles. The fourth-order valence-corrected chi connectivity index (χ4v) is 1.31. The molecule has 1 rings (SSSR count). The van der Waals surface area contributed by atoms with Crippen LogP contribution >= 0.6 is 0 Å². The number of hydrogen-bond donors (Lipinski definition) is 1. The highest BCUT2D eigenvalue weighted by Crippen LogP contribution is 2.18. The van der Waals surface area contributed by atoms with Crippen LogP contribution in [-0.4, -0.2) is 11.5 Å². The molecule has 0 aliphatic carbocycles. The molecular weight excluding hydrogens is 214 g/mol. The van der Waals surface area contributed by atoms with E-state index in [0.717, 1.165) is 11.3 Å². The van der Waals surface area contributed by atoms with E-state index in [-0.39, 0.29) is 17.9 Å². The second-order valence-corrected chi connectivity index (χ2v) is 4.86. The number of amides is 1. The Bertz CT molecular complexity index is 399. The third-order valence-electron chi connectivity index (χ3n) is 1.93. The Hall–Kier alpha value is -1.77. The van der Waals surface area contributed by atoms with Crippen LogP contribution in [0.2, 0.25) is 0 Å². The van der Waals surface area contributed by atoms with Crippen molar-refractivity contribution in [1.82, 2.24) is 0 Å². The van der Waals surface area contributed by atoms with E-state index in [2.05, 4.69) is 0 Å². The minimum absolute atomic E-state index is 0.191. The van der Waals surface area contributed by atoms with Crippen molar-refractivity contribution in [2.75, 3.05) is 0 Å². The first-order valence-corrected chi connectivity index (χ1v) is 5.61. The smallest absolute Gasteiger partial charge is 0.221 e. The molecule has 0 saturated carbocycles. The van der Waals surface area contributed by atoms with Crippen LogP contribution in [0.1, 0.15) is 32.8 Å². The Morgan fingerprint density at radius 3 is 2.35 bits per heavy atom. The summed E-state index contributed by atoms with van der Waals surface area (Å²) in [5.74, 6) is 0.512. The van der Waals surface area contributed by atoms with Gasteiger partial charge < -0.3 is 10.5 Å². The summed E-state index contributed by atoms with van der Waals surface area (Å²) in [4.78, 5) is 10.6. The van der Waals surface area contributed by atoms with E-state index in [1.807, 2.05) is 51.1 Å². The lowest BCUT2D eigenvalue weighted by atomic mass is 10.1. The van der Waals surface area contributed by atoms with E-state index < -0.39 is 0 Å². The van der Waals surface area contributed by atoms with Crippen molar-refractivity contribution in [3.8, 4) is 5.75 Å². The number of carbonyl (C=O) groups excluding carboxylic acids is 1. The van der Waals surface area contributed by atoms with Gasteiger partial charge in [-0.15, -0.1) is 0 Å². The van der Waals surface area contributed by atoms with Gasteiger partial charge in [-0.25, -0.2) is 0 Å². The molecule has 0 atom stereocenters. The number of nitrogens with two attached hydrogens (primary N) is 1. The van der Waals surface area contributed by atoms with Crippen molar-refractivity contribution in [2.24, 2.45) is 5.73 Å². The molecule has 17 heavy (non-hydrogen) atoms. The number of primary amides is 1. The quantitative estimate of drug-likeness (QED) is 0.869. The van der Waals surface area contributed by atoms with Crippen molar-refractivity contribution in [3.05, 3.63) is 35.9 Å². The van der Waals surface area contributed by atoms with Crippen LogP contribution in [0.3, 0.4) is 0 Å². The summed E-state index contributed by atoms with van der Waals surface area (Å²) in [5.41, 5.74) is 5.87. The van der Waals surface area contributed by atoms with E-state index in [1.54, 1.807) is 6.08 Å². The molecule has 0 spiro atoms. The molecule has 0 aliphatic rings. The lowest BCUT2D eigenvalue weighted by Gasteiger charge is -2.21. The number of ether oxygens (including phenoxy) is 1. The van der Waals surface area contributed by atoms with Gasteiger partial charge in [0.2, 0.25) is 5.91 Å². The molecule has 0 aliphatic heterocycles. The summed E-state index contributed by atoms with van der Waals surface area (Å²) in [7, 11) is 0. The van der Waals surface area contributed by atoms with Gasteiger partial charge >= 0.3 is 0 Å². The van der Waals surface area contributed by atoms with E-state index in [4.69, 9.17) is 10.5 Å². The average molecular weight is 233 g/mol. The monoisotopic (exact) mass is 233 g/mol. The Morgan fingerprint density at radius 1 is 1.29 bits per heavy atom. The number of hydrogen-bond acceptors (Lipinski definition) is 2. The van der Waals surface area contributed by atoms with Gasteiger partial charge in [0, 0.05) is 6.42 Å². The molecule has 0 aromatic heterocycles. The number of carbonyl (C=O) groups is 1. The maximum absolute atomic E-state index is 10.6. The van der Waals surface area contributed by atoms with Crippen molar-refractivity contribution in [3.63, 3.8) is 0 Å². The Labute approximate surface area is 102 Å². The molecular formula is C14H19NO2. The third-order valence-corrected chi connectivity index (χ3v) is 1.93. The minimum Gasteiger partial charge on any atom is -0.488 e. The summed E-state index contributed by atoms with van der Waals surface area (Å²) in [6, 6.07) is 7.71. The summed E-state index contributed by atoms with van der Waals surface area (Å²) in [6.45, 7) is 6.02. The molecule has 1 amide bonds. The zero-order valence-electron chi connectivity index (χ0n) is 10.6. The van der Waals surface area contributed by atoms with E-state index in [0.29, 0.717) is 0 Å². The zero-order chi connectivity index (χ0) is 12.9. The highest BCUT2D eigenvalue weighted by Gasteiger charge is 2.10. The van der Waals surface area contributed by atoms with Crippen molar-refractivity contribution < 1.29 is 9.53 Å². The maximum Gasteiger partial charge on any atom is 0.221 e. The van der Waals surface area contributed by atoms with Crippen LogP contribution in [-0.2, 0) is 4.79 Å². The highest BCUT2D eigenvalue weighted by molar-refractivity contribution is 5.76. The normalized spacial score (nSPS) is 11.7. The van der Waals surface area contributed by atoms with Crippen LogP contribution in [0.4, 0.5) is 0 Å². The fourth-order valence-electron chi connectivity index (χ4n) is 1.31. The van der Waals surface area contributed by atoms with Crippen LogP contribution in [0.15, 0.2) is 30.3 Å². The lowest BCUT2D eigenvalue weighted by Crippen LogP contribution is -2.22. The van der Waals surface area contributed by atoms with Crippen LogP contribution in [0, 0.1) is 0 Å². The van der Waals surface area contributed by atoms with Crippen LogP contribution in [0.5, 0.6) is 5.75 Å². The SMILES string of the molecule is CC(C)(C)Oc1ccc(C=CCC(N)=O)cc1. The highest BCUT2D eigenvalue weighted by atomic mass is 16.5. The van der Waals surface area contributed by atoms with E-state index in [9.17, 15) is 4.79 Å². The van der Waals surface area contributed by atoms with Crippen LogP contribution < -0.4 is 10.5 Å². The molecule has 0 bridgehead atoms. The van der Waals surface area contributed by atoms with Crippen molar-refractivity contribution in [2.45, 2.75) is 32.8 Å². The third kappa shape index (κ3) is 5.76. The van der Waals surface area contributed by atoms with Crippen LogP contribution in [0.25, 0.3) is 6.08 Å². The van der Waals surface area contributed by atoms with Crippen molar-refractivity contribution >= 4 is 12.0 Å². The predicted molar refractivity (Wildman–Crippen MR) is 69.7 cm³/mol. The van der Waals surface area contributed by atoms with Gasteiger partial charge in [0.15, 0.2) is 0 Å². The minimum atomic E-state index is -0.325. The first-order valence-electron chi connectivity index (χ1n) is 5.61. The molecule has 3 nitrogen and oxygen atoms in total. The Morgan fingerprint density at radius 2 is 1.88 bits per heavy atom. The average Bonchev–Trinajstić information content (AvgIpc) is 2.18. The largest absolute Gasteiger partial charge is 0.488 e. The van der Waals surface area contributed by atoms with Gasteiger partial charge in [0.1, 0.15) is 11.4 Å². The first kappa shape index (κ1) is 13.3. The van der Waals surface area contributed by atoms with E-state index in [1.165, 1.54) is 0 Å². The van der Waals surface area contributed by atoms with Gasteiger partial charge in [-0.2, -0.15) is 0 Å². The number of benzene rings is 1. The van der Waals surface area contributed by atoms with Gasteiger partial charge in [-0.3, -0.25) is 4.79 Å². The molecule has 3 heteroatoms. The van der Waals surface area contributed by atoms with Gasteiger partial charge in [-0.1, -0.05) is 24.3 Å². The molecule has 0 heterocycles. The number of rotatable bonds is 4. The topological polar surface area (TPSA) is 52.3 Å². The maximum atomic E-state index is 10.6. The van der Waals surface area contributed by atoms with Gasteiger partial charge in [-0.05, 0) is 38.5 Å². The van der Waals surface area contributed by atoms with Gasteiger partial charge in [0.05, 0.1) is 0 Å². The molecule has 0 radical (unpaired) electrons. The second kappa shape index (κ2) is 5.53. The first-order chi connectivity index (χ1) is 7.87. The standard InChI is InChI=1S/C14H19NO2/c1-14(2,3)17-12-9-7-11(8-10-12)5-4-6-13(15)16/h4-5,7-10H,6H2,1-3H3,(H2,15,16).